The second-order valence-electron chi connectivity index (χ2n) is 7.64. The lowest BCUT2D eigenvalue weighted by Crippen LogP contribution is -2.36. The molecule has 1 amide bonds. The molecule has 0 spiro atoms. The number of aliphatic hydroxyl groups excluding tert-OH is 1. The summed E-state index contributed by atoms with van der Waals surface area (Å²) >= 11 is 0. The van der Waals surface area contributed by atoms with Crippen LogP contribution in [0, 0.1) is 11.8 Å². The molecule has 3 heterocycles. The van der Waals surface area contributed by atoms with Gasteiger partial charge in [0.15, 0.2) is 0 Å². The Morgan fingerprint density at radius 3 is 2.56 bits per heavy atom. The standard InChI is InChI=1S/C18H27N5O2/c1-21-8-9-23(11-13-2-3-13)17(25)15-10-19-18(20-16(15)21)22-6-4-14(12-24)5-7-22/h10,13-14,24H,2-9,11-12H2,1H3. The molecule has 0 bridgehead atoms. The molecular formula is C18H27N5O2. The van der Waals surface area contributed by atoms with Gasteiger partial charge in [-0.2, -0.15) is 4.98 Å². The van der Waals surface area contributed by atoms with Gasteiger partial charge >= 0.3 is 0 Å². The Morgan fingerprint density at radius 2 is 1.88 bits per heavy atom. The highest BCUT2D eigenvalue weighted by molar-refractivity contribution is 5.99. The fourth-order valence-corrected chi connectivity index (χ4v) is 3.71. The van der Waals surface area contributed by atoms with Gasteiger partial charge in [-0.15, -0.1) is 0 Å². The zero-order valence-corrected chi connectivity index (χ0v) is 14.9. The van der Waals surface area contributed by atoms with E-state index in [1.54, 1.807) is 6.20 Å². The van der Waals surface area contributed by atoms with Crippen molar-refractivity contribution in [1.29, 1.82) is 0 Å². The molecule has 2 fully saturated rings. The van der Waals surface area contributed by atoms with Crippen molar-refractivity contribution in [3.05, 3.63) is 11.8 Å². The van der Waals surface area contributed by atoms with Crippen molar-refractivity contribution in [1.82, 2.24) is 14.9 Å². The van der Waals surface area contributed by atoms with E-state index in [0.29, 0.717) is 23.3 Å². The van der Waals surface area contributed by atoms with E-state index < -0.39 is 0 Å². The van der Waals surface area contributed by atoms with Gasteiger partial charge in [-0.25, -0.2) is 4.98 Å². The third kappa shape index (κ3) is 3.42. The Kier molecular flexibility index (Phi) is 4.50. The average Bonchev–Trinajstić information content (AvgIpc) is 3.48. The van der Waals surface area contributed by atoms with Crippen molar-refractivity contribution < 1.29 is 9.90 Å². The van der Waals surface area contributed by atoms with Crippen molar-refractivity contribution >= 4 is 17.7 Å². The molecule has 1 aromatic heterocycles. The van der Waals surface area contributed by atoms with E-state index in [4.69, 9.17) is 4.98 Å². The van der Waals surface area contributed by atoms with Crippen LogP contribution in [0.4, 0.5) is 11.8 Å². The second-order valence-corrected chi connectivity index (χ2v) is 7.64. The molecule has 1 saturated carbocycles. The number of amides is 1. The van der Waals surface area contributed by atoms with Gasteiger partial charge in [0.2, 0.25) is 5.95 Å². The lowest BCUT2D eigenvalue weighted by atomic mass is 9.98. The summed E-state index contributed by atoms with van der Waals surface area (Å²) in [5.74, 6) is 2.58. The molecule has 4 rings (SSSR count). The number of hydrogen-bond donors (Lipinski definition) is 1. The lowest BCUT2D eigenvalue weighted by molar-refractivity contribution is 0.0758. The maximum Gasteiger partial charge on any atom is 0.259 e. The van der Waals surface area contributed by atoms with Gasteiger partial charge in [-0.3, -0.25) is 4.79 Å². The summed E-state index contributed by atoms with van der Waals surface area (Å²) in [6.07, 6.45) is 6.11. The Bertz CT molecular complexity index is 640. The van der Waals surface area contributed by atoms with Crippen LogP contribution >= 0.6 is 0 Å². The summed E-state index contributed by atoms with van der Waals surface area (Å²) in [7, 11) is 2.00. The molecule has 0 atom stereocenters. The van der Waals surface area contributed by atoms with Crippen molar-refractivity contribution in [3.8, 4) is 0 Å². The third-order valence-electron chi connectivity index (χ3n) is 5.67. The first-order valence-electron chi connectivity index (χ1n) is 9.39. The van der Waals surface area contributed by atoms with E-state index in [1.807, 2.05) is 11.9 Å². The predicted octanol–water partition coefficient (Wildman–Crippen LogP) is 0.987. The number of piperidine rings is 1. The maximum absolute atomic E-state index is 12.9. The predicted molar refractivity (Wildman–Crippen MR) is 96.0 cm³/mol. The second kappa shape index (κ2) is 6.78. The topological polar surface area (TPSA) is 72.8 Å². The molecule has 1 aromatic rings. The van der Waals surface area contributed by atoms with Crippen LogP contribution in [0.15, 0.2) is 6.20 Å². The van der Waals surface area contributed by atoms with Gasteiger partial charge in [0, 0.05) is 52.6 Å². The van der Waals surface area contributed by atoms with Crippen LogP contribution in [0.25, 0.3) is 0 Å². The van der Waals surface area contributed by atoms with Crippen molar-refractivity contribution in [3.63, 3.8) is 0 Å². The number of hydrogen-bond acceptors (Lipinski definition) is 6. The van der Waals surface area contributed by atoms with E-state index in [0.717, 1.165) is 51.4 Å². The summed E-state index contributed by atoms with van der Waals surface area (Å²) in [4.78, 5) is 28.3. The van der Waals surface area contributed by atoms with Crippen LogP contribution in [0.5, 0.6) is 0 Å². The minimum atomic E-state index is 0.0665. The van der Waals surface area contributed by atoms with Crippen molar-refractivity contribution in [2.45, 2.75) is 25.7 Å². The molecule has 0 unspecified atom stereocenters. The van der Waals surface area contributed by atoms with Gasteiger partial charge < -0.3 is 19.8 Å². The van der Waals surface area contributed by atoms with Crippen molar-refractivity contribution in [2.24, 2.45) is 11.8 Å². The van der Waals surface area contributed by atoms with E-state index in [-0.39, 0.29) is 12.5 Å². The Morgan fingerprint density at radius 1 is 1.12 bits per heavy atom. The summed E-state index contributed by atoms with van der Waals surface area (Å²) in [5.41, 5.74) is 0.620. The molecule has 0 aromatic carbocycles. The van der Waals surface area contributed by atoms with Gasteiger partial charge in [0.1, 0.15) is 11.4 Å². The first kappa shape index (κ1) is 16.6. The molecular weight excluding hydrogens is 318 g/mol. The maximum atomic E-state index is 12.9. The molecule has 3 aliphatic rings. The van der Waals surface area contributed by atoms with Crippen LogP contribution in [0.1, 0.15) is 36.0 Å². The number of rotatable bonds is 4. The summed E-state index contributed by atoms with van der Waals surface area (Å²) in [6, 6.07) is 0. The molecule has 0 radical (unpaired) electrons. The zero-order chi connectivity index (χ0) is 17.4. The van der Waals surface area contributed by atoms with E-state index >= 15 is 0 Å². The largest absolute Gasteiger partial charge is 0.396 e. The first-order valence-corrected chi connectivity index (χ1v) is 9.39. The normalized spacial score (nSPS) is 22.2. The summed E-state index contributed by atoms with van der Waals surface area (Å²) in [6.45, 7) is 4.38. The average molecular weight is 345 g/mol. The molecule has 136 valence electrons. The number of anilines is 2. The number of aromatic nitrogens is 2. The molecule has 7 nitrogen and oxygen atoms in total. The molecule has 2 aliphatic heterocycles. The Balaban J connectivity index is 1.55. The first-order chi connectivity index (χ1) is 12.2. The van der Waals surface area contributed by atoms with Crippen LogP contribution in [0.2, 0.25) is 0 Å². The molecule has 1 aliphatic carbocycles. The number of carbonyl (C=O) groups is 1. The molecule has 25 heavy (non-hydrogen) atoms. The highest BCUT2D eigenvalue weighted by Gasteiger charge is 2.32. The summed E-state index contributed by atoms with van der Waals surface area (Å²) < 4.78 is 0. The Labute approximate surface area is 148 Å². The van der Waals surface area contributed by atoms with E-state index in [9.17, 15) is 9.90 Å². The molecule has 1 N–H and O–H groups in total. The third-order valence-corrected chi connectivity index (χ3v) is 5.67. The van der Waals surface area contributed by atoms with Gasteiger partial charge in [-0.1, -0.05) is 0 Å². The van der Waals surface area contributed by atoms with Crippen LogP contribution in [-0.4, -0.2) is 72.3 Å². The number of fused-ring (bicyclic) bond motifs is 1. The monoisotopic (exact) mass is 345 g/mol. The number of aliphatic hydroxyl groups is 1. The van der Waals surface area contributed by atoms with E-state index in [1.165, 1.54) is 12.8 Å². The van der Waals surface area contributed by atoms with Gasteiger partial charge in [0.05, 0.1) is 0 Å². The minimum Gasteiger partial charge on any atom is -0.396 e. The Hall–Kier alpha value is -1.89. The molecule has 1 saturated heterocycles. The quantitative estimate of drug-likeness (QED) is 0.877. The number of carbonyl (C=O) groups excluding carboxylic acids is 1. The van der Waals surface area contributed by atoms with Crippen LogP contribution in [-0.2, 0) is 0 Å². The minimum absolute atomic E-state index is 0.0665. The van der Waals surface area contributed by atoms with Gasteiger partial charge in [-0.05, 0) is 37.5 Å². The zero-order valence-electron chi connectivity index (χ0n) is 14.9. The smallest absolute Gasteiger partial charge is 0.259 e. The fraction of sp³-hybridized carbons (Fsp3) is 0.722. The van der Waals surface area contributed by atoms with E-state index in [2.05, 4.69) is 14.8 Å². The highest BCUT2D eigenvalue weighted by Crippen LogP contribution is 2.32. The number of nitrogens with zero attached hydrogens (tertiary/aromatic N) is 5. The number of likely N-dealkylation sites (N-methyl/N-ethyl adjacent to an activating group) is 1. The van der Waals surface area contributed by atoms with Gasteiger partial charge in [0.25, 0.3) is 5.91 Å². The SMILES string of the molecule is CN1CCN(CC2CC2)C(=O)c2cnc(N3CCC(CO)CC3)nc21. The van der Waals surface area contributed by atoms with Crippen molar-refractivity contribution in [2.75, 3.05) is 56.2 Å². The van der Waals surface area contributed by atoms with Crippen LogP contribution < -0.4 is 9.80 Å². The lowest BCUT2D eigenvalue weighted by Gasteiger charge is -2.31. The highest BCUT2D eigenvalue weighted by atomic mass is 16.3. The fourth-order valence-electron chi connectivity index (χ4n) is 3.71. The summed E-state index contributed by atoms with van der Waals surface area (Å²) in [5, 5.41) is 9.29. The molecule has 7 heteroatoms. The van der Waals surface area contributed by atoms with Crippen LogP contribution in [0.3, 0.4) is 0 Å².